The molecule has 8 heteroatoms. The van der Waals surface area contributed by atoms with E-state index in [9.17, 15) is 14.9 Å². The topological polar surface area (TPSA) is 97.3 Å². The standard InChI is InChI=1S/C24H24ClN3O4/c1-14(2)28-20-10-7-18(12-22(20)32-24(28)30)27-23(29)15-4-8-19(9-5-15)31-21-11-17(25)6-3-16(21)13-26/h3,6-7,10-12,14-15,19H,4-5,8-9H2,1-2H3,(H,27,29)/t15-,19+. The van der Waals surface area contributed by atoms with E-state index < -0.39 is 5.76 Å². The normalized spacial score (nSPS) is 18.5. The van der Waals surface area contributed by atoms with Gasteiger partial charge >= 0.3 is 5.76 Å². The van der Waals surface area contributed by atoms with Crippen LogP contribution in [0.1, 0.15) is 51.1 Å². The largest absolute Gasteiger partial charge is 0.489 e. The summed E-state index contributed by atoms with van der Waals surface area (Å²) in [4.78, 5) is 24.8. The van der Waals surface area contributed by atoms with Gasteiger partial charge in [-0.1, -0.05) is 11.6 Å². The van der Waals surface area contributed by atoms with Gasteiger partial charge in [0.1, 0.15) is 11.8 Å². The van der Waals surface area contributed by atoms with Gasteiger partial charge in [-0.05, 0) is 63.8 Å². The van der Waals surface area contributed by atoms with Crippen LogP contribution in [0, 0.1) is 17.2 Å². The Morgan fingerprint density at radius 1 is 1.22 bits per heavy atom. The second kappa shape index (κ2) is 9.09. The van der Waals surface area contributed by atoms with Crippen LogP contribution in [-0.2, 0) is 4.79 Å². The summed E-state index contributed by atoms with van der Waals surface area (Å²) in [6.45, 7) is 3.83. The number of nitriles is 1. The molecule has 1 aromatic heterocycles. The van der Waals surface area contributed by atoms with Crippen molar-refractivity contribution in [2.24, 2.45) is 5.92 Å². The fourth-order valence-corrected chi connectivity index (χ4v) is 4.32. The molecule has 2 aromatic carbocycles. The molecule has 0 unspecified atom stereocenters. The Hall–Kier alpha value is -3.24. The van der Waals surface area contributed by atoms with Crippen LogP contribution in [-0.4, -0.2) is 16.6 Å². The van der Waals surface area contributed by atoms with E-state index >= 15 is 0 Å². The summed E-state index contributed by atoms with van der Waals surface area (Å²) in [5, 5.41) is 12.7. The Morgan fingerprint density at radius 2 is 1.97 bits per heavy atom. The third kappa shape index (κ3) is 4.51. The fraction of sp³-hybridized carbons (Fsp3) is 0.375. The van der Waals surface area contributed by atoms with E-state index in [1.165, 1.54) is 0 Å². The molecule has 0 bridgehead atoms. The molecular weight excluding hydrogens is 430 g/mol. The number of hydrogen-bond acceptors (Lipinski definition) is 5. The molecule has 166 valence electrons. The highest BCUT2D eigenvalue weighted by atomic mass is 35.5. The van der Waals surface area contributed by atoms with Crippen LogP contribution in [0.2, 0.25) is 5.02 Å². The number of rotatable bonds is 5. The van der Waals surface area contributed by atoms with Gasteiger partial charge in [-0.15, -0.1) is 0 Å². The van der Waals surface area contributed by atoms with Crippen LogP contribution in [0.15, 0.2) is 45.6 Å². The number of anilines is 1. The van der Waals surface area contributed by atoms with Gasteiger partial charge in [0.15, 0.2) is 5.58 Å². The quantitative estimate of drug-likeness (QED) is 0.567. The Kier molecular flexibility index (Phi) is 6.24. The van der Waals surface area contributed by atoms with Gasteiger partial charge in [-0.25, -0.2) is 4.79 Å². The zero-order chi connectivity index (χ0) is 22.8. The molecule has 1 amide bonds. The van der Waals surface area contributed by atoms with Crippen LogP contribution in [0.4, 0.5) is 5.69 Å². The SMILES string of the molecule is CC(C)n1c(=O)oc2cc(NC(=O)[C@H]3CC[C@@H](Oc4cc(Cl)ccc4C#N)CC3)ccc21. The monoisotopic (exact) mass is 453 g/mol. The predicted octanol–water partition coefficient (Wildman–Crippen LogP) is 5.28. The van der Waals surface area contributed by atoms with Crippen molar-refractivity contribution >= 4 is 34.3 Å². The van der Waals surface area contributed by atoms with E-state index in [1.807, 2.05) is 13.8 Å². The maximum atomic E-state index is 12.8. The molecule has 1 aliphatic rings. The first-order valence-electron chi connectivity index (χ1n) is 10.7. The van der Waals surface area contributed by atoms with Gasteiger partial charge in [-0.3, -0.25) is 9.36 Å². The Labute approximate surface area is 190 Å². The third-order valence-corrected chi connectivity index (χ3v) is 6.04. The average Bonchev–Trinajstić information content (AvgIpc) is 3.09. The molecule has 32 heavy (non-hydrogen) atoms. The van der Waals surface area contributed by atoms with Crippen molar-refractivity contribution in [2.75, 3.05) is 5.32 Å². The van der Waals surface area contributed by atoms with Gasteiger partial charge < -0.3 is 14.5 Å². The number of amides is 1. The molecule has 0 aliphatic heterocycles. The Balaban J connectivity index is 1.37. The number of carbonyl (C=O) groups excluding carboxylic acids is 1. The summed E-state index contributed by atoms with van der Waals surface area (Å²) in [7, 11) is 0. The minimum atomic E-state index is -0.406. The summed E-state index contributed by atoms with van der Waals surface area (Å²) in [5.41, 5.74) is 2.21. The minimum absolute atomic E-state index is 0.0160. The van der Waals surface area contributed by atoms with Crippen molar-refractivity contribution in [1.29, 1.82) is 5.26 Å². The van der Waals surface area contributed by atoms with Crippen molar-refractivity contribution in [1.82, 2.24) is 4.57 Å². The summed E-state index contributed by atoms with van der Waals surface area (Å²) >= 11 is 6.03. The number of ether oxygens (including phenoxy) is 1. The molecule has 1 aliphatic carbocycles. The van der Waals surface area contributed by atoms with Gasteiger partial charge in [-0.2, -0.15) is 5.26 Å². The molecule has 7 nitrogen and oxygen atoms in total. The maximum absolute atomic E-state index is 12.8. The molecular formula is C24H24ClN3O4. The number of nitrogens with zero attached hydrogens (tertiary/aromatic N) is 2. The lowest BCUT2D eigenvalue weighted by atomic mass is 9.86. The van der Waals surface area contributed by atoms with Gasteiger partial charge in [0, 0.05) is 34.8 Å². The van der Waals surface area contributed by atoms with Crippen molar-refractivity contribution in [3.8, 4) is 11.8 Å². The summed E-state index contributed by atoms with van der Waals surface area (Å²) in [5.74, 6) is -0.117. The molecule has 1 fully saturated rings. The van der Waals surface area contributed by atoms with Crippen molar-refractivity contribution in [3.63, 3.8) is 0 Å². The van der Waals surface area contributed by atoms with Crippen LogP contribution in [0.5, 0.6) is 5.75 Å². The fourth-order valence-electron chi connectivity index (χ4n) is 4.16. The molecule has 1 heterocycles. The van der Waals surface area contributed by atoms with E-state index in [-0.39, 0.29) is 24.0 Å². The number of fused-ring (bicyclic) bond motifs is 1. The lowest BCUT2D eigenvalue weighted by molar-refractivity contribution is -0.121. The minimum Gasteiger partial charge on any atom is -0.489 e. The highest BCUT2D eigenvalue weighted by Gasteiger charge is 2.28. The summed E-state index contributed by atoms with van der Waals surface area (Å²) < 4.78 is 12.9. The molecule has 0 radical (unpaired) electrons. The molecule has 3 aromatic rings. The zero-order valence-electron chi connectivity index (χ0n) is 17.9. The van der Waals surface area contributed by atoms with Crippen LogP contribution < -0.4 is 15.8 Å². The highest BCUT2D eigenvalue weighted by Crippen LogP contribution is 2.31. The summed E-state index contributed by atoms with van der Waals surface area (Å²) in [6.07, 6.45) is 2.72. The maximum Gasteiger partial charge on any atom is 0.420 e. The smallest absolute Gasteiger partial charge is 0.420 e. The molecule has 0 atom stereocenters. The van der Waals surface area contributed by atoms with E-state index in [0.29, 0.717) is 58.8 Å². The van der Waals surface area contributed by atoms with E-state index in [1.54, 1.807) is 41.0 Å². The molecule has 1 saturated carbocycles. The number of nitrogens with one attached hydrogen (secondary N) is 1. The number of hydrogen-bond donors (Lipinski definition) is 1. The van der Waals surface area contributed by atoms with Crippen LogP contribution in [0.3, 0.4) is 0 Å². The Bertz CT molecular complexity index is 1250. The first-order chi connectivity index (χ1) is 15.4. The zero-order valence-corrected chi connectivity index (χ0v) is 18.7. The molecule has 0 spiro atoms. The number of halogens is 1. The number of aromatic nitrogens is 1. The van der Waals surface area contributed by atoms with Crippen LogP contribution in [0.25, 0.3) is 11.1 Å². The van der Waals surface area contributed by atoms with E-state index in [4.69, 9.17) is 20.8 Å². The average molecular weight is 454 g/mol. The second-order valence-electron chi connectivity index (χ2n) is 8.35. The second-order valence-corrected chi connectivity index (χ2v) is 8.78. The number of benzene rings is 2. The molecule has 4 rings (SSSR count). The van der Waals surface area contributed by atoms with Crippen LogP contribution >= 0.6 is 11.6 Å². The lowest BCUT2D eigenvalue weighted by Crippen LogP contribution is -2.31. The van der Waals surface area contributed by atoms with E-state index in [2.05, 4.69) is 11.4 Å². The lowest BCUT2D eigenvalue weighted by Gasteiger charge is -2.28. The highest BCUT2D eigenvalue weighted by molar-refractivity contribution is 6.30. The number of carbonyl (C=O) groups is 1. The van der Waals surface area contributed by atoms with Crippen molar-refractivity contribution in [2.45, 2.75) is 51.7 Å². The molecule has 0 saturated heterocycles. The predicted molar refractivity (Wildman–Crippen MR) is 122 cm³/mol. The van der Waals surface area contributed by atoms with E-state index in [0.717, 1.165) is 0 Å². The molecule has 1 N–H and O–H groups in total. The first kappa shape index (κ1) is 22.0. The Morgan fingerprint density at radius 3 is 2.66 bits per heavy atom. The third-order valence-electron chi connectivity index (χ3n) is 5.80. The van der Waals surface area contributed by atoms with Gasteiger partial charge in [0.05, 0.1) is 17.2 Å². The van der Waals surface area contributed by atoms with Crippen molar-refractivity contribution < 1.29 is 13.9 Å². The number of oxazole rings is 1. The first-order valence-corrected chi connectivity index (χ1v) is 11.1. The van der Waals surface area contributed by atoms with Crippen molar-refractivity contribution in [3.05, 3.63) is 57.5 Å². The van der Waals surface area contributed by atoms with Gasteiger partial charge in [0.25, 0.3) is 0 Å². The summed E-state index contributed by atoms with van der Waals surface area (Å²) in [6, 6.07) is 12.3. The van der Waals surface area contributed by atoms with Gasteiger partial charge in [0.2, 0.25) is 5.91 Å².